The first kappa shape index (κ1) is 36.5. The Morgan fingerprint density at radius 2 is 0.900 bits per heavy atom. The Bertz CT molecular complexity index is 959. The molecule has 1 aliphatic carbocycles. The molecule has 0 bridgehead atoms. The second-order valence-corrected chi connectivity index (χ2v) is 8.61. The number of halogens is 20. The molecule has 0 amide bonds. The van der Waals surface area contributed by atoms with E-state index in [4.69, 9.17) is 5.11 Å². The molecule has 0 heterocycles. The zero-order valence-corrected chi connectivity index (χ0v) is 19.2. The number of hydrogen-bond acceptors (Lipinski definition) is 3. The van der Waals surface area contributed by atoms with E-state index in [0.717, 1.165) is 0 Å². The summed E-state index contributed by atoms with van der Waals surface area (Å²) in [4.78, 5) is 0. The summed E-state index contributed by atoms with van der Waals surface area (Å²) in [5.41, 5.74) is -31.3. The lowest BCUT2D eigenvalue weighted by Gasteiger charge is -2.63. The maximum atomic E-state index is 15.5. The largest absolute Gasteiger partial charge is 0.453 e. The molecule has 0 aliphatic heterocycles. The van der Waals surface area contributed by atoms with Crippen molar-refractivity contribution in [2.45, 2.75) is 98.0 Å². The molecule has 3 nitrogen and oxygen atoms in total. The molecule has 0 aromatic carbocycles. The summed E-state index contributed by atoms with van der Waals surface area (Å²) in [6.45, 7) is -6.28. The molecule has 0 aromatic heterocycles. The van der Waals surface area contributed by atoms with E-state index in [-0.39, 0.29) is 6.92 Å². The van der Waals surface area contributed by atoms with Crippen LogP contribution in [0.5, 0.6) is 0 Å². The summed E-state index contributed by atoms with van der Waals surface area (Å²) >= 11 is 0. The smallest absolute Gasteiger partial charge is 0.387 e. The van der Waals surface area contributed by atoms with Gasteiger partial charge in [-0.15, -0.1) is 0 Å². The Labute approximate surface area is 208 Å². The van der Waals surface area contributed by atoms with Crippen LogP contribution in [0.15, 0.2) is 0 Å². The zero-order chi connectivity index (χ0) is 32.8. The standard InChI is InChI=1S/C17H14F20O3/c1-4-8(22)10(25,6(2,18)19)14(30,31)12(27,11(26,7(3,20)21)13(8,28)29)15(32,33)40-17(36,37)16(34,35)39-9(23,24)5-38/h38H,4-5H2,1-3H3. The Morgan fingerprint density at radius 1 is 0.550 bits per heavy atom. The lowest BCUT2D eigenvalue weighted by Crippen LogP contribution is -2.95. The van der Waals surface area contributed by atoms with Gasteiger partial charge < -0.3 is 5.11 Å². The van der Waals surface area contributed by atoms with Crippen LogP contribution in [0.2, 0.25) is 0 Å². The minimum Gasteiger partial charge on any atom is -0.387 e. The highest BCUT2D eigenvalue weighted by atomic mass is 19.4. The predicted molar refractivity (Wildman–Crippen MR) is 85.8 cm³/mol. The third-order valence-electron chi connectivity index (χ3n) is 5.97. The molecule has 0 spiro atoms. The fourth-order valence-corrected chi connectivity index (χ4v) is 4.03. The van der Waals surface area contributed by atoms with E-state index >= 15 is 17.6 Å². The number of rotatable bonds is 10. The van der Waals surface area contributed by atoms with Crippen molar-refractivity contribution in [2.24, 2.45) is 0 Å². The zero-order valence-electron chi connectivity index (χ0n) is 19.2. The van der Waals surface area contributed by atoms with Crippen molar-refractivity contribution in [3.05, 3.63) is 0 Å². The summed E-state index contributed by atoms with van der Waals surface area (Å²) in [5, 5.41) is 8.03. The Morgan fingerprint density at radius 3 is 1.20 bits per heavy atom. The first-order chi connectivity index (χ1) is 17.0. The number of alkyl halides is 20. The summed E-state index contributed by atoms with van der Waals surface area (Å²) in [5.74, 6) is -29.9. The van der Waals surface area contributed by atoms with E-state index < -0.39 is 97.7 Å². The normalized spacial score (nSPS) is 34.2. The number of ether oxygens (including phenoxy) is 2. The van der Waals surface area contributed by atoms with Gasteiger partial charge in [-0.25, -0.2) is 44.6 Å². The van der Waals surface area contributed by atoms with Crippen molar-refractivity contribution in [3.8, 4) is 0 Å². The molecular formula is C17H14F20O3. The number of aliphatic hydroxyl groups excluding tert-OH is 1. The molecule has 1 fully saturated rings. The quantitative estimate of drug-likeness (QED) is 0.255. The molecule has 0 radical (unpaired) electrons. The van der Waals surface area contributed by atoms with Gasteiger partial charge in [0.1, 0.15) is 6.61 Å². The van der Waals surface area contributed by atoms with E-state index in [1.807, 2.05) is 4.74 Å². The number of hydrogen-bond donors (Lipinski definition) is 1. The van der Waals surface area contributed by atoms with Crippen LogP contribution in [0, 0.1) is 0 Å². The molecule has 240 valence electrons. The van der Waals surface area contributed by atoms with E-state index in [9.17, 15) is 70.2 Å². The van der Waals surface area contributed by atoms with E-state index in [0.29, 0.717) is 0 Å². The first-order valence-corrected chi connectivity index (χ1v) is 9.83. The molecular weight excluding hydrogens is 632 g/mol. The van der Waals surface area contributed by atoms with Crippen molar-refractivity contribution in [1.29, 1.82) is 0 Å². The molecule has 23 heteroatoms. The predicted octanol–water partition coefficient (Wildman–Crippen LogP) is 7.22. The molecule has 1 N–H and O–H groups in total. The maximum absolute atomic E-state index is 15.5. The van der Waals surface area contributed by atoms with Gasteiger partial charge in [0.2, 0.25) is 5.67 Å². The van der Waals surface area contributed by atoms with Crippen molar-refractivity contribution in [1.82, 2.24) is 0 Å². The SMILES string of the molecule is CCC1(F)C(F)(F)C(F)(C(C)(F)F)C(F)(C(F)(F)OC(F)(F)C(F)(F)OC(F)(F)CO)C(F)(F)C1(F)C(C)(F)F. The minimum atomic E-state index is -8.72. The summed E-state index contributed by atoms with van der Waals surface area (Å²) in [6.07, 6.45) is -32.7. The van der Waals surface area contributed by atoms with E-state index in [1.165, 1.54) is 4.74 Å². The monoisotopic (exact) mass is 646 g/mol. The minimum absolute atomic E-state index is 0.356. The Kier molecular flexibility index (Phi) is 8.21. The second-order valence-electron chi connectivity index (χ2n) is 8.61. The lowest BCUT2D eigenvalue weighted by atomic mass is 9.52. The average molecular weight is 646 g/mol. The van der Waals surface area contributed by atoms with E-state index in [1.54, 1.807) is 0 Å². The average Bonchev–Trinajstić information content (AvgIpc) is 2.72. The van der Waals surface area contributed by atoms with Gasteiger partial charge in [0.25, 0.3) is 23.2 Å². The van der Waals surface area contributed by atoms with Gasteiger partial charge >= 0.3 is 41.9 Å². The fourth-order valence-electron chi connectivity index (χ4n) is 4.03. The third kappa shape index (κ3) is 4.05. The molecule has 40 heavy (non-hydrogen) atoms. The Hall–Kier alpha value is -1.52. The maximum Gasteiger partial charge on any atom is 0.453 e. The molecule has 1 saturated carbocycles. The van der Waals surface area contributed by atoms with Gasteiger partial charge in [-0.3, -0.25) is 0 Å². The summed E-state index contributed by atoms with van der Waals surface area (Å²) in [6, 6.07) is 0. The van der Waals surface area contributed by atoms with Crippen LogP contribution in [0.1, 0.15) is 27.2 Å². The van der Waals surface area contributed by atoms with Crippen molar-refractivity contribution < 1.29 is 102 Å². The van der Waals surface area contributed by atoms with Crippen LogP contribution < -0.4 is 0 Å². The highest BCUT2D eigenvalue weighted by molar-refractivity contribution is 5.40. The van der Waals surface area contributed by atoms with Gasteiger partial charge in [-0.2, -0.15) is 52.7 Å². The molecule has 1 rings (SSSR count). The third-order valence-corrected chi connectivity index (χ3v) is 5.97. The van der Waals surface area contributed by atoms with Gasteiger partial charge in [-0.05, 0) is 6.42 Å². The summed E-state index contributed by atoms with van der Waals surface area (Å²) < 4.78 is 289. The van der Waals surface area contributed by atoms with Crippen LogP contribution in [0.3, 0.4) is 0 Å². The van der Waals surface area contributed by atoms with Gasteiger partial charge in [-0.1, -0.05) is 6.92 Å². The van der Waals surface area contributed by atoms with Crippen LogP contribution >= 0.6 is 0 Å². The molecule has 0 saturated heterocycles. The fraction of sp³-hybridized carbons (Fsp3) is 1.00. The van der Waals surface area contributed by atoms with Crippen LogP contribution in [-0.4, -0.2) is 82.5 Å². The molecule has 4 atom stereocenters. The van der Waals surface area contributed by atoms with Crippen molar-refractivity contribution >= 4 is 0 Å². The summed E-state index contributed by atoms with van der Waals surface area (Å²) in [7, 11) is 0. The van der Waals surface area contributed by atoms with Crippen LogP contribution in [0.4, 0.5) is 87.8 Å². The number of aliphatic hydroxyl groups is 1. The first-order valence-electron chi connectivity index (χ1n) is 9.83. The second kappa shape index (κ2) is 8.99. The van der Waals surface area contributed by atoms with Crippen molar-refractivity contribution in [2.75, 3.05) is 6.61 Å². The topological polar surface area (TPSA) is 38.7 Å². The molecule has 4 unspecified atom stereocenters. The van der Waals surface area contributed by atoms with Gasteiger partial charge in [0.05, 0.1) is 0 Å². The van der Waals surface area contributed by atoms with Crippen molar-refractivity contribution in [3.63, 3.8) is 0 Å². The molecule has 1 aliphatic rings. The van der Waals surface area contributed by atoms with E-state index in [2.05, 4.69) is 0 Å². The van der Waals surface area contributed by atoms with Crippen LogP contribution in [0.25, 0.3) is 0 Å². The highest BCUT2D eigenvalue weighted by Gasteiger charge is 3.07. The molecule has 0 aromatic rings. The Balaban J connectivity index is 4.30. The van der Waals surface area contributed by atoms with Gasteiger partial charge in [0, 0.05) is 13.8 Å². The lowest BCUT2D eigenvalue weighted by molar-refractivity contribution is -0.557. The van der Waals surface area contributed by atoms with Gasteiger partial charge in [0.15, 0.2) is 0 Å². The highest BCUT2D eigenvalue weighted by Crippen LogP contribution is 2.77. The van der Waals surface area contributed by atoms with Crippen LogP contribution in [-0.2, 0) is 9.47 Å².